The Morgan fingerprint density at radius 2 is 2.27 bits per heavy atom. The van der Waals surface area contributed by atoms with Crippen molar-refractivity contribution in [1.29, 1.82) is 0 Å². The van der Waals surface area contributed by atoms with E-state index >= 15 is 0 Å². The molecule has 1 atom stereocenters. The third kappa shape index (κ3) is 4.09. The predicted octanol–water partition coefficient (Wildman–Crippen LogP) is 2.08. The Morgan fingerprint density at radius 3 is 2.95 bits per heavy atom. The van der Waals surface area contributed by atoms with Crippen LogP contribution in [0.15, 0.2) is 29.6 Å². The lowest BCUT2D eigenvalue weighted by Crippen LogP contribution is -2.38. The fourth-order valence-electron chi connectivity index (χ4n) is 1.86. The van der Waals surface area contributed by atoms with E-state index in [9.17, 15) is 14.3 Å². The lowest BCUT2D eigenvalue weighted by Gasteiger charge is -2.14. The summed E-state index contributed by atoms with van der Waals surface area (Å²) in [5.41, 5.74) is 0.573. The molecule has 0 aliphatic carbocycles. The molecule has 1 amide bonds. The lowest BCUT2D eigenvalue weighted by molar-refractivity contribution is 0.0890. The second kappa shape index (κ2) is 7.98. The summed E-state index contributed by atoms with van der Waals surface area (Å²) in [5.74, 6) is -0.772. The van der Waals surface area contributed by atoms with E-state index < -0.39 is 11.9 Å². The Bertz CT molecular complexity index is 633. The van der Waals surface area contributed by atoms with E-state index in [0.717, 1.165) is 0 Å². The number of hydrogen-bond acceptors (Lipinski definition) is 5. The molecule has 1 aromatic carbocycles. The van der Waals surface area contributed by atoms with Gasteiger partial charge in [0.05, 0.1) is 12.6 Å². The van der Waals surface area contributed by atoms with Gasteiger partial charge in [-0.05, 0) is 18.6 Å². The summed E-state index contributed by atoms with van der Waals surface area (Å²) in [5, 5.41) is 13.9. The zero-order chi connectivity index (χ0) is 15.9. The summed E-state index contributed by atoms with van der Waals surface area (Å²) in [6.07, 6.45) is 0.503. The highest BCUT2D eigenvalue weighted by Crippen LogP contribution is 2.26. The van der Waals surface area contributed by atoms with Crippen LogP contribution in [0.5, 0.6) is 0 Å². The largest absolute Gasteiger partial charge is 0.394 e. The van der Waals surface area contributed by atoms with E-state index in [4.69, 9.17) is 4.74 Å². The summed E-state index contributed by atoms with van der Waals surface area (Å²) in [6, 6.07) is 5.88. The monoisotopic (exact) mass is 324 g/mol. The van der Waals surface area contributed by atoms with Crippen LogP contribution in [0.4, 0.5) is 4.39 Å². The highest BCUT2D eigenvalue weighted by molar-refractivity contribution is 7.13. The average molecular weight is 324 g/mol. The average Bonchev–Trinajstić information content (AvgIpc) is 3.01. The second-order valence-electron chi connectivity index (χ2n) is 4.65. The minimum absolute atomic E-state index is 0.181. The van der Waals surface area contributed by atoms with Crippen LogP contribution in [0.3, 0.4) is 0 Å². The van der Waals surface area contributed by atoms with Gasteiger partial charge in [0, 0.05) is 24.7 Å². The van der Waals surface area contributed by atoms with Crippen molar-refractivity contribution in [2.75, 3.05) is 20.3 Å². The molecule has 0 saturated carbocycles. The van der Waals surface area contributed by atoms with Gasteiger partial charge >= 0.3 is 0 Å². The topological polar surface area (TPSA) is 71.5 Å². The van der Waals surface area contributed by atoms with Crippen LogP contribution in [-0.2, 0) is 4.74 Å². The number of aromatic nitrogens is 1. The summed E-state index contributed by atoms with van der Waals surface area (Å²) in [7, 11) is 1.55. The van der Waals surface area contributed by atoms with Gasteiger partial charge in [-0.15, -0.1) is 11.3 Å². The van der Waals surface area contributed by atoms with Crippen molar-refractivity contribution < 1.29 is 19.0 Å². The van der Waals surface area contributed by atoms with Crippen molar-refractivity contribution in [1.82, 2.24) is 10.3 Å². The molecular weight excluding hydrogens is 307 g/mol. The zero-order valence-electron chi connectivity index (χ0n) is 12.1. The SMILES string of the molecule is COCC[C@@H](CO)NC(=O)c1csc(-c2ccccc2F)n1. The first-order valence-corrected chi connectivity index (χ1v) is 7.64. The molecule has 1 heterocycles. The molecular formula is C15H17FN2O3S. The smallest absolute Gasteiger partial charge is 0.271 e. The maximum atomic E-state index is 13.7. The van der Waals surface area contributed by atoms with Crippen LogP contribution in [-0.4, -0.2) is 42.4 Å². The Hall–Kier alpha value is -1.83. The Morgan fingerprint density at radius 1 is 1.50 bits per heavy atom. The lowest BCUT2D eigenvalue weighted by atomic mass is 10.2. The molecule has 118 valence electrons. The van der Waals surface area contributed by atoms with Crippen LogP contribution in [0.2, 0.25) is 0 Å². The standard InChI is InChI=1S/C15H17FN2O3S/c1-21-7-6-10(8-19)17-14(20)13-9-22-15(18-13)11-4-2-3-5-12(11)16/h2-5,9-10,19H,6-8H2,1H3,(H,17,20)/t10-/m0/s1. The quantitative estimate of drug-likeness (QED) is 0.818. The maximum absolute atomic E-state index is 13.7. The van der Waals surface area contributed by atoms with Crippen LogP contribution in [0.25, 0.3) is 10.6 Å². The molecule has 0 aliphatic heterocycles. The number of nitrogens with zero attached hydrogens (tertiary/aromatic N) is 1. The number of carbonyl (C=O) groups excluding carboxylic acids is 1. The fourth-order valence-corrected chi connectivity index (χ4v) is 2.69. The van der Waals surface area contributed by atoms with Gasteiger partial charge in [0.2, 0.25) is 0 Å². The summed E-state index contributed by atoms with van der Waals surface area (Å²) in [6.45, 7) is 0.252. The predicted molar refractivity (Wildman–Crippen MR) is 82.3 cm³/mol. The van der Waals surface area contributed by atoms with E-state index in [0.29, 0.717) is 23.6 Å². The van der Waals surface area contributed by atoms with Gasteiger partial charge in [-0.1, -0.05) is 12.1 Å². The first kappa shape index (κ1) is 16.5. The van der Waals surface area contributed by atoms with Crippen molar-refractivity contribution in [2.45, 2.75) is 12.5 Å². The molecule has 7 heteroatoms. The number of methoxy groups -OCH3 is 1. The number of thiazole rings is 1. The molecule has 5 nitrogen and oxygen atoms in total. The third-order valence-corrected chi connectivity index (χ3v) is 3.94. The summed E-state index contributed by atoms with van der Waals surface area (Å²) >= 11 is 1.20. The van der Waals surface area contributed by atoms with Crippen molar-refractivity contribution in [2.24, 2.45) is 0 Å². The number of halogens is 1. The van der Waals surface area contributed by atoms with Crippen LogP contribution in [0.1, 0.15) is 16.9 Å². The first-order valence-electron chi connectivity index (χ1n) is 6.76. The van der Waals surface area contributed by atoms with Gasteiger partial charge in [0.15, 0.2) is 0 Å². The summed E-state index contributed by atoms with van der Waals surface area (Å²) < 4.78 is 18.6. The van der Waals surface area contributed by atoms with Crippen molar-refractivity contribution in [3.05, 3.63) is 41.2 Å². The van der Waals surface area contributed by atoms with E-state index in [1.165, 1.54) is 17.4 Å². The summed E-state index contributed by atoms with van der Waals surface area (Å²) in [4.78, 5) is 16.3. The van der Waals surface area contributed by atoms with Crippen LogP contribution in [0, 0.1) is 5.82 Å². The number of hydrogen-bond donors (Lipinski definition) is 2. The van der Waals surface area contributed by atoms with E-state index in [1.54, 1.807) is 30.7 Å². The Kier molecular flexibility index (Phi) is 6.00. The molecule has 0 radical (unpaired) electrons. The normalized spacial score (nSPS) is 12.1. The van der Waals surface area contributed by atoms with Crippen molar-refractivity contribution >= 4 is 17.2 Å². The number of rotatable bonds is 7. The third-order valence-electron chi connectivity index (χ3n) is 3.07. The number of amides is 1. The molecule has 0 bridgehead atoms. The number of aliphatic hydroxyl groups excluding tert-OH is 1. The molecule has 0 aliphatic rings. The van der Waals surface area contributed by atoms with Crippen LogP contribution >= 0.6 is 11.3 Å². The van der Waals surface area contributed by atoms with Gasteiger partial charge < -0.3 is 15.2 Å². The van der Waals surface area contributed by atoms with Gasteiger partial charge in [-0.25, -0.2) is 9.37 Å². The molecule has 2 aromatic rings. The van der Waals surface area contributed by atoms with E-state index in [2.05, 4.69) is 10.3 Å². The number of nitrogens with one attached hydrogen (secondary N) is 1. The minimum Gasteiger partial charge on any atom is -0.394 e. The van der Waals surface area contributed by atoms with E-state index in [1.807, 2.05) is 0 Å². The number of aliphatic hydroxyl groups is 1. The van der Waals surface area contributed by atoms with Gasteiger partial charge in [-0.3, -0.25) is 4.79 Å². The molecule has 2 N–H and O–H groups in total. The highest BCUT2D eigenvalue weighted by Gasteiger charge is 2.17. The first-order chi connectivity index (χ1) is 10.7. The molecule has 2 rings (SSSR count). The Balaban J connectivity index is 2.07. The number of ether oxygens (including phenoxy) is 1. The zero-order valence-corrected chi connectivity index (χ0v) is 12.9. The van der Waals surface area contributed by atoms with Gasteiger partial charge in [0.1, 0.15) is 16.5 Å². The molecule has 0 saturated heterocycles. The number of benzene rings is 1. The van der Waals surface area contributed by atoms with Crippen molar-refractivity contribution in [3.63, 3.8) is 0 Å². The minimum atomic E-state index is -0.397. The molecule has 22 heavy (non-hydrogen) atoms. The Labute approximate surface area is 131 Å². The molecule has 0 unspecified atom stereocenters. The molecule has 0 spiro atoms. The van der Waals surface area contributed by atoms with Crippen molar-refractivity contribution in [3.8, 4) is 10.6 Å². The van der Waals surface area contributed by atoms with E-state index in [-0.39, 0.29) is 18.1 Å². The fraction of sp³-hybridized carbons (Fsp3) is 0.333. The highest BCUT2D eigenvalue weighted by atomic mass is 32.1. The van der Waals surface area contributed by atoms with Gasteiger partial charge in [-0.2, -0.15) is 0 Å². The molecule has 1 aromatic heterocycles. The molecule has 0 fully saturated rings. The second-order valence-corrected chi connectivity index (χ2v) is 5.51. The van der Waals surface area contributed by atoms with Crippen LogP contribution < -0.4 is 5.32 Å². The number of carbonyl (C=O) groups is 1. The van der Waals surface area contributed by atoms with Gasteiger partial charge in [0.25, 0.3) is 5.91 Å². The maximum Gasteiger partial charge on any atom is 0.271 e.